The summed E-state index contributed by atoms with van der Waals surface area (Å²) >= 11 is 0. The molecule has 0 aliphatic heterocycles. The van der Waals surface area contributed by atoms with Gasteiger partial charge < -0.3 is 10.4 Å². The lowest BCUT2D eigenvalue weighted by Gasteiger charge is -2.19. The normalized spacial score (nSPS) is 16.8. The highest BCUT2D eigenvalue weighted by atomic mass is 19.1. The summed E-state index contributed by atoms with van der Waals surface area (Å²) in [5, 5.41) is 11.5. The van der Waals surface area contributed by atoms with Gasteiger partial charge in [0.15, 0.2) is 0 Å². The number of aromatic carboxylic acids is 1. The fourth-order valence-electron chi connectivity index (χ4n) is 2.71. The number of carbonyl (C=O) groups excluding carboxylic acids is 1. The van der Waals surface area contributed by atoms with Crippen molar-refractivity contribution >= 4 is 17.6 Å². The van der Waals surface area contributed by atoms with Crippen molar-refractivity contribution in [2.75, 3.05) is 5.32 Å². The molecule has 1 amide bonds. The van der Waals surface area contributed by atoms with E-state index < -0.39 is 11.8 Å². The maximum Gasteiger partial charge on any atom is 0.335 e. The fourth-order valence-corrected chi connectivity index (χ4v) is 2.71. The third-order valence-electron chi connectivity index (χ3n) is 3.95. The van der Waals surface area contributed by atoms with Gasteiger partial charge in [0, 0.05) is 5.92 Å². The van der Waals surface area contributed by atoms with Gasteiger partial charge in [0.05, 0.1) is 11.3 Å². The number of hydrogen-bond donors (Lipinski definition) is 2. The van der Waals surface area contributed by atoms with Crippen LogP contribution < -0.4 is 5.32 Å². The van der Waals surface area contributed by atoms with Gasteiger partial charge in [-0.2, -0.15) is 0 Å². The first-order valence-corrected chi connectivity index (χ1v) is 7.41. The minimum absolute atomic E-state index is 0.0376. The molecular weight excluding hydrogens is 273 g/mol. The Balaban J connectivity index is 2.07. The van der Waals surface area contributed by atoms with E-state index in [0.29, 0.717) is 0 Å². The van der Waals surface area contributed by atoms with Gasteiger partial charge in [-0.25, -0.2) is 9.18 Å². The molecule has 4 nitrogen and oxygen atoms in total. The topological polar surface area (TPSA) is 66.4 Å². The van der Waals surface area contributed by atoms with Gasteiger partial charge in [0.1, 0.15) is 5.82 Å². The second kappa shape index (κ2) is 7.20. The lowest BCUT2D eigenvalue weighted by molar-refractivity contribution is -0.120. The van der Waals surface area contributed by atoms with Crippen molar-refractivity contribution in [1.82, 2.24) is 0 Å². The Hall–Kier alpha value is -1.91. The van der Waals surface area contributed by atoms with Crippen molar-refractivity contribution in [1.29, 1.82) is 0 Å². The summed E-state index contributed by atoms with van der Waals surface area (Å²) in [7, 11) is 0. The number of anilines is 1. The highest BCUT2D eigenvalue weighted by Crippen LogP contribution is 2.24. The van der Waals surface area contributed by atoms with Crippen LogP contribution in [0.4, 0.5) is 10.1 Å². The second-order valence-electron chi connectivity index (χ2n) is 5.53. The van der Waals surface area contributed by atoms with Crippen LogP contribution in [-0.2, 0) is 4.79 Å². The van der Waals surface area contributed by atoms with E-state index in [-0.39, 0.29) is 23.1 Å². The van der Waals surface area contributed by atoms with Crippen LogP contribution in [0.3, 0.4) is 0 Å². The van der Waals surface area contributed by atoms with E-state index >= 15 is 0 Å². The average Bonchev–Trinajstić information content (AvgIpc) is 2.40. The molecule has 1 aliphatic rings. The van der Waals surface area contributed by atoms with Gasteiger partial charge in [-0.15, -0.1) is 0 Å². The SMILES string of the molecule is O=C(O)c1ccc(F)c(NC(=O)C2CCCCCCC2)c1. The number of hydrogen-bond acceptors (Lipinski definition) is 2. The minimum atomic E-state index is -1.14. The van der Waals surface area contributed by atoms with Crippen LogP contribution in [0, 0.1) is 11.7 Å². The van der Waals surface area contributed by atoms with E-state index in [0.717, 1.165) is 44.6 Å². The molecule has 0 bridgehead atoms. The van der Waals surface area contributed by atoms with Gasteiger partial charge in [-0.3, -0.25) is 4.79 Å². The number of rotatable bonds is 3. The summed E-state index contributed by atoms with van der Waals surface area (Å²) < 4.78 is 13.7. The summed E-state index contributed by atoms with van der Waals surface area (Å²) in [5.74, 6) is -2.08. The molecule has 2 rings (SSSR count). The molecule has 1 aromatic rings. The van der Waals surface area contributed by atoms with Crippen molar-refractivity contribution in [3.63, 3.8) is 0 Å². The van der Waals surface area contributed by atoms with Crippen LogP contribution in [0.5, 0.6) is 0 Å². The Morgan fingerprint density at radius 2 is 1.71 bits per heavy atom. The van der Waals surface area contributed by atoms with E-state index in [1.54, 1.807) is 0 Å². The molecule has 0 heterocycles. The van der Waals surface area contributed by atoms with E-state index in [1.807, 2.05) is 0 Å². The second-order valence-corrected chi connectivity index (χ2v) is 5.53. The quantitative estimate of drug-likeness (QED) is 0.890. The maximum absolute atomic E-state index is 13.7. The predicted molar refractivity (Wildman–Crippen MR) is 77.8 cm³/mol. The van der Waals surface area contributed by atoms with Crippen LogP contribution in [0.1, 0.15) is 55.3 Å². The van der Waals surface area contributed by atoms with Gasteiger partial charge in [0.2, 0.25) is 5.91 Å². The van der Waals surface area contributed by atoms with E-state index in [1.165, 1.54) is 18.6 Å². The molecule has 21 heavy (non-hydrogen) atoms. The Kier molecular flexibility index (Phi) is 5.31. The summed E-state index contributed by atoms with van der Waals surface area (Å²) in [5.41, 5.74) is -0.0914. The van der Waals surface area contributed by atoms with Gasteiger partial charge >= 0.3 is 5.97 Å². The minimum Gasteiger partial charge on any atom is -0.478 e. The van der Waals surface area contributed by atoms with Crippen molar-refractivity contribution in [3.05, 3.63) is 29.6 Å². The molecule has 0 spiro atoms. The van der Waals surface area contributed by atoms with Crippen molar-refractivity contribution in [3.8, 4) is 0 Å². The average molecular weight is 293 g/mol. The number of amides is 1. The lowest BCUT2D eigenvalue weighted by Crippen LogP contribution is -2.24. The number of carboxylic acids is 1. The molecule has 0 radical (unpaired) electrons. The van der Waals surface area contributed by atoms with Crippen molar-refractivity contribution in [2.24, 2.45) is 5.92 Å². The Bertz CT molecular complexity index is 522. The Morgan fingerprint density at radius 3 is 2.33 bits per heavy atom. The smallest absolute Gasteiger partial charge is 0.335 e. The van der Waals surface area contributed by atoms with Gasteiger partial charge in [0.25, 0.3) is 0 Å². The molecule has 114 valence electrons. The number of carbonyl (C=O) groups is 2. The number of nitrogens with one attached hydrogen (secondary N) is 1. The van der Waals surface area contributed by atoms with E-state index in [2.05, 4.69) is 5.32 Å². The molecular formula is C16H20FNO3. The zero-order valence-electron chi connectivity index (χ0n) is 11.9. The van der Waals surface area contributed by atoms with Crippen molar-refractivity contribution in [2.45, 2.75) is 44.9 Å². The fraction of sp³-hybridized carbons (Fsp3) is 0.500. The zero-order valence-corrected chi connectivity index (χ0v) is 11.9. The number of halogens is 1. The number of benzene rings is 1. The largest absolute Gasteiger partial charge is 0.478 e. The summed E-state index contributed by atoms with van der Waals surface area (Å²) in [6.07, 6.45) is 7.12. The lowest BCUT2D eigenvalue weighted by atomic mass is 9.90. The van der Waals surface area contributed by atoms with Gasteiger partial charge in [-0.1, -0.05) is 32.1 Å². The first-order valence-electron chi connectivity index (χ1n) is 7.41. The molecule has 0 atom stereocenters. The first kappa shape index (κ1) is 15.5. The van der Waals surface area contributed by atoms with Crippen LogP contribution in [0.25, 0.3) is 0 Å². The molecule has 1 aliphatic carbocycles. The highest BCUT2D eigenvalue weighted by molar-refractivity contribution is 5.95. The van der Waals surface area contributed by atoms with Crippen LogP contribution in [0.2, 0.25) is 0 Å². The highest BCUT2D eigenvalue weighted by Gasteiger charge is 2.20. The number of carboxylic acid groups (broad SMARTS) is 1. The molecule has 0 aromatic heterocycles. The Labute approximate surface area is 123 Å². The van der Waals surface area contributed by atoms with E-state index in [4.69, 9.17) is 5.11 Å². The van der Waals surface area contributed by atoms with Crippen LogP contribution in [-0.4, -0.2) is 17.0 Å². The predicted octanol–water partition coefficient (Wildman–Crippen LogP) is 3.82. The van der Waals surface area contributed by atoms with Crippen molar-refractivity contribution < 1.29 is 19.1 Å². The Morgan fingerprint density at radius 1 is 1.10 bits per heavy atom. The summed E-state index contributed by atoms with van der Waals surface area (Å²) in [6.45, 7) is 0. The summed E-state index contributed by atoms with van der Waals surface area (Å²) in [6, 6.07) is 3.42. The molecule has 1 fully saturated rings. The van der Waals surface area contributed by atoms with Gasteiger partial charge in [-0.05, 0) is 31.0 Å². The third-order valence-corrected chi connectivity index (χ3v) is 3.95. The molecule has 1 aromatic carbocycles. The summed E-state index contributed by atoms with van der Waals surface area (Å²) in [4.78, 5) is 23.1. The van der Waals surface area contributed by atoms with E-state index in [9.17, 15) is 14.0 Å². The molecule has 0 unspecified atom stereocenters. The molecule has 5 heteroatoms. The van der Waals surface area contributed by atoms with Crippen LogP contribution in [0.15, 0.2) is 18.2 Å². The molecule has 1 saturated carbocycles. The maximum atomic E-state index is 13.7. The standard InChI is InChI=1S/C16H20FNO3/c17-13-9-8-12(16(20)21)10-14(13)18-15(19)11-6-4-2-1-3-5-7-11/h8-11H,1-7H2,(H,18,19)(H,20,21). The first-order chi connectivity index (χ1) is 10.1. The molecule has 0 saturated heterocycles. The van der Waals surface area contributed by atoms with Crippen LogP contribution >= 0.6 is 0 Å². The monoisotopic (exact) mass is 293 g/mol. The third kappa shape index (κ3) is 4.28. The molecule has 2 N–H and O–H groups in total. The zero-order chi connectivity index (χ0) is 15.2.